The molecule has 0 spiro atoms. The van der Waals surface area contributed by atoms with Crippen molar-refractivity contribution >= 4 is 11.8 Å². The molecule has 5 nitrogen and oxygen atoms in total. The topological polar surface area (TPSA) is 61.4 Å². The molecule has 32 heavy (non-hydrogen) atoms. The molecule has 2 aromatic carbocycles. The minimum atomic E-state index is -0.331. The second-order valence-corrected chi connectivity index (χ2v) is 9.20. The van der Waals surface area contributed by atoms with Gasteiger partial charge >= 0.3 is 0 Å². The average Bonchev–Trinajstić information content (AvgIpc) is 3.62. The van der Waals surface area contributed by atoms with Crippen LogP contribution >= 0.6 is 0 Å². The molecule has 4 rings (SSSR count). The molecule has 170 valence electrons. The van der Waals surface area contributed by atoms with Crippen LogP contribution in [0.1, 0.15) is 51.9 Å². The molecule has 2 aliphatic rings. The van der Waals surface area contributed by atoms with Gasteiger partial charge in [0.2, 0.25) is 5.91 Å². The van der Waals surface area contributed by atoms with E-state index >= 15 is 0 Å². The molecule has 1 aliphatic heterocycles. The van der Waals surface area contributed by atoms with Crippen LogP contribution in [0.2, 0.25) is 0 Å². The molecule has 2 unspecified atom stereocenters. The van der Waals surface area contributed by atoms with Crippen LogP contribution in [0.3, 0.4) is 0 Å². The van der Waals surface area contributed by atoms with E-state index in [1.165, 1.54) is 28.8 Å². The first kappa shape index (κ1) is 22.5. The summed E-state index contributed by atoms with van der Waals surface area (Å²) in [5.41, 5.74) is 4.48. The number of hydrogen-bond donors (Lipinski definition) is 2. The fourth-order valence-corrected chi connectivity index (χ4v) is 4.48. The zero-order chi connectivity index (χ0) is 22.8. The first-order valence-electron chi connectivity index (χ1n) is 11.5. The van der Waals surface area contributed by atoms with Gasteiger partial charge in [0.25, 0.3) is 5.91 Å². The van der Waals surface area contributed by atoms with E-state index in [4.69, 9.17) is 0 Å². The van der Waals surface area contributed by atoms with E-state index < -0.39 is 0 Å². The van der Waals surface area contributed by atoms with E-state index in [9.17, 15) is 14.0 Å². The molecule has 6 heteroatoms. The van der Waals surface area contributed by atoms with Crippen molar-refractivity contribution in [2.75, 3.05) is 13.1 Å². The van der Waals surface area contributed by atoms with Gasteiger partial charge in [0, 0.05) is 30.7 Å². The fourth-order valence-electron chi connectivity index (χ4n) is 4.48. The summed E-state index contributed by atoms with van der Waals surface area (Å²) in [5, 5.41) is 6.39. The Morgan fingerprint density at radius 1 is 1.09 bits per heavy atom. The minimum absolute atomic E-state index is 0.0983. The lowest BCUT2D eigenvalue weighted by atomic mass is 9.91. The van der Waals surface area contributed by atoms with E-state index in [2.05, 4.69) is 36.6 Å². The predicted molar refractivity (Wildman–Crippen MR) is 123 cm³/mol. The van der Waals surface area contributed by atoms with Gasteiger partial charge in [-0.1, -0.05) is 18.2 Å². The van der Waals surface area contributed by atoms with E-state index in [-0.39, 0.29) is 35.6 Å². The minimum Gasteiger partial charge on any atom is -0.348 e. The van der Waals surface area contributed by atoms with Gasteiger partial charge in [0.1, 0.15) is 5.82 Å². The Kier molecular flexibility index (Phi) is 6.60. The summed E-state index contributed by atoms with van der Waals surface area (Å²) < 4.78 is 13.6. The van der Waals surface area contributed by atoms with Crippen molar-refractivity contribution in [1.82, 2.24) is 15.5 Å². The van der Waals surface area contributed by atoms with E-state index in [0.29, 0.717) is 30.6 Å². The molecule has 1 saturated heterocycles. The first-order chi connectivity index (χ1) is 15.3. The number of halogens is 1. The zero-order valence-corrected chi connectivity index (χ0v) is 19.1. The standard InChI is InChI=1S/C26H32FN3O2/c1-16-5-4-6-20(18(16)3)15-30(21-8-9-21)26(32)22-14-28-12-11-24(22)29-25(31)19-7-10-23(27)17(2)13-19/h4-7,10,13,21-22,24,28H,8-9,11-12,14-15H2,1-3H3,(H,29,31). The van der Waals surface area contributed by atoms with Gasteiger partial charge in [-0.3, -0.25) is 9.59 Å². The molecule has 2 fully saturated rings. The van der Waals surface area contributed by atoms with Gasteiger partial charge in [-0.15, -0.1) is 0 Å². The van der Waals surface area contributed by atoms with Gasteiger partial charge in [-0.05, 0) is 87.0 Å². The highest BCUT2D eigenvalue weighted by Crippen LogP contribution is 2.32. The van der Waals surface area contributed by atoms with Gasteiger partial charge in [0.05, 0.1) is 5.92 Å². The number of nitrogens with zero attached hydrogens (tertiary/aromatic N) is 1. The van der Waals surface area contributed by atoms with Crippen molar-refractivity contribution in [3.8, 4) is 0 Å². The van der Waals surface area contributed by atoms with Crippen LogP contribution in [0.15, 0.2) is 36.4 Å². The summed E-state index contributed by atoms with van der Waals surface area (Å²) in [6.45, 7) is 7.74. The van der Waals surface area contributed by atoms with Crippen molar-refractivity contribution in [2.24, 2.45) is 5.92 Å². The Morgan fingerprint density at radius 3 is 2.59 bits per heavy atom. The van der Waals surface area contributed by atoms with Crippen molar-refractivity contribution in [3.05, 3.63) is 70.0 Å². The quantitative estimate of drug-likeness (QED) is 0.725. The lowest BCUT2D eigenvalue weighted by molar-refractivity contribution is -0.138. The molecule has 2 amide bonds. The maximum Gasteiger partial charge on any atom is 0.251 e. The van der Waals surface area contributed by atoms with Crippen LogP contribution in [-0.4, -0.2) is 41.9 Å². The van der Waals surface area contributed by atoms with Crippen molar-refractivity contribution in [3.63, 3.8) is 0 Å². The Balaban J connectivity index is 1.51. The number of carbonyl (C=O) groups is 2. The second-order valence-electron chi connectivity index (χ2n) is 9.20. The maximum atomic E-state index is 13.7. The van der Waals surface area contributed by atoms with Crippen molar-refractivity contribution in [2.45, 2.75) is 58.7 Å². The largest absolute Gasteiger partial charge is 0.348 e. The second kappa shape index (κ2) is 9.41. The third-order valence-electron chi connectivity index (χ3n) is 6.86. The molecule has 2 atom stereocenters. The number of piperidine rings is 1. The Labute approximate surface area is 189 Å². The Hall–Kier alpha value is -2.73. The number of rotatable bonds is 6. The number of nitrogens with one attached hydrogen (secondary N) is 2. The average molecular weight is 438 g/mol. The maximum absolute atomic E-state index is 13.7. The molecule has 2 aromatic rings. The Bertz CT molecular complexity index is 1020. The smallest absolute Gasteiger partial charge is 0.251 e. The van der Waals surface area contributed by atoms with Crippen molar-refractivity contribution in [1.29, 1.82) is 0 Å². The van der Waals surface area contributed by atoms with Crippen LogP contribution in [0.4, 0.5) is 4.39 Å². The molecule has 1 aliphatic carbocycles. The lowest BCUT2D eigenvalue weighted by Gasteiger charge is -2.36. The van der Waals surface area contributed by atoms with Gasteiger partial charge in [-0.25, -0.2) is 4.39 Å². The van der Waals surface area contributed by atoms with Gasteiger partial charge in [-0.2, -0.15) is 0 Å². The van der Waals surface area contributed by atoms with Crippen LogP contribution in [0.25, 0.3) is 0 Å². The monoisotopic (exact) mass is 437 g/mol. The van der Waals surface area contributed by atoms with Crippen LogP contribution < -0.4 is 10.6 Å². The fraction of sp³-hybridized carbons (Fsp3) is 0.462. The number of amides is 2. The predicted octanol–water partition coefficient (Wildman–Crippen LogP) is 3.65. The van der Waals surface area contributed by atoms with E-state index in [1.807, 2.05) is 11.0 Å². The summed E-state index contributed by atoms with van der Waals surface area (Å²) in [6.07, 6.45) is 2.75. The van der Waals surface area contributed by atoms with Crippen molar-refractivity contribution < 1.29 is 14.0 Å². The molecule has 2 N–H and O–H groups in total. The highest BCUT2D eigenvalue weighted by atomic mass is 19.1. The summed E-state index contributed by atoms with van der Waals surface area (Å²) in [5.74, 6) is -0.811. The molecule has 0 bridgehead atoms. The summed E-state index contributed by atoms with van der Waals surface area (Å²) in [4.78, 5) is 28.6. The summed E-state index contributed by atoms with van der Waals surface area (Å²) in [6, 6.07) is 10.6. The summed E-state index contributed by atoms with van der Waals surface area (Å²) in [7, 11) is 0. The van der Waals surface area contributed by atoms with Gasteiger partial charge in [0.15, 0.2) is 0 Å². The number of benzene rings is 2. The Morgan fingerprint density at radius 2 is 1.88 bits per heavy atom. The van der Waals surface area contributed by atoms with E-state index in [0.717, 1.165) is 19.4 Å². The van der Waals surface area contributed by atoms with Crippen LogP contribution in [0.5, 0.6) is 0 Å². The van der Waals surface area contributed by atoms with E-state index in [1.54, 1.807) is 13.0 Å². The number of carbonyl (C=O) groups excluding carboxylic acids is 2. The highest BCUT2D eigenvalue weighted by Gasteiger charge is 2.40. The zero-order valence-electron chi connectivity index (χ0n) is 19.1. The molecule has 0 radical (unpaired) electrons. The third-order valence-corrected chi connectivity index (χ3v) is 6.86. The normalized spacial score (nSPS) is 20.6. The lowest BCUT2D eigenvalue weighted by Crippen LogP contribution is -2.55. The number of aryl methyl sites for hydroxylation is 2. The van der Waals surface area contributed by atoms with Crippen LogP contribution in [-0.2, 0) is 11.3 Å². The first-order valence-corrected chi connectivity index (χ1v) is 11.5. The molecular formula is C26H32FN3O2. The van der Waals surface area contributed by atoms with Gasteiger partial charge < -0.3 is 15.5 Å². The van der Waals surface area contributed by atoms with Crippen LogP contribution in [0, 0.1) is 32.5 Å². The SMILES string of the molecule is Cc1cc(C(=O)NC2CCNCC2C(=O)N(Cc2cccc(C)c2C)C2CC2)ccc1F. The summed E-state index contributed by atoms with van der Waals surface area (Å²) >= 11 is 0. The molecule has 0 aromatic heterocycles. The molecular weight excluding hydrogens is 405 g/mol. The molecule has 1 heterocycles. The third kappa shape index (κ3) is 4.85. The highest BCUT2D eigenvalue weighted by molar-refractivity contribution is 5.95. The number of hydrogen-bond acceptors (Lipinski definition) is 3. The molecule has 1 saturated carbocycles.